The third-order valence-electron chi connectivity index (χ3n) is 21.8. The SMILES string of the molecule is c1ccc(-c2cc(-c3ccccc3)nc(-c3ccc(-n4c5ccc(-c6cccc7c6c6ccccc6n7-c6ccccc6)cc5c5cccnc54)cc3)c2)cc1.c1ccc(-n2c3ccccc3c3c(-c4ccc5c(c4)c4cccnc4n5-c4ccc(-c5cc(-c6ccccn6)cc(-c6ccccn6)c5)cc4)cccc32)cc1. The highest BCUT2D eigenvalue weighted by Crippen LogP contribution is 2.45. The van der Waals surface area contributed by atoms with E-state index in [4.69, 9.17) is 15.0 Å². The van der Waals surface area contributed by atoms with E-state index in [0.717, 1.165) is 118 Å². The predicted octanol–water partition coefficient (Wildman–Crippen LogP) is 26.1. The van der Waals surface area contributed by atoms with Crippen LogP contribution in [0, 0.1) is 0 Å². The van der Waals surface area contributed by atoms with Crippen molar-refractivity contribution in [1.29, 1.82) is 0 Å². The van der Waals surface area contributed by atoms with Crippen molar-refractivity contribution in [3.05, 3.63) is 407 Å². The Hall–Kier alpha value is -15.2. The quantitative estimate of drug-likeness (QED) is 0.122. The van der Waals surface area contributed by atoms with Gasteiger partial charge in [-0.15, -0.1) is 0 Å². The minimum absolute atomic E-state index is 0.928. The molecule has 0 spiro atoms. The fourth-order valence-electron chi connectivity index (χ4n) is 16.8. The monoisotopic (exact) mass is 1430 g/mol. The van der Waals surface area contributed by atoms with Gasteiger partial charge in [-0.2, -0.15) is 0 Å². The van der Waals surface area contributed by atoms with Crippen LogP contribution in [0.3, 0.4) is 0 Å². The van der Waals surface area contributed by atoms with Gasteiger partial charge in [0.05, 0.1) is 55.9 Å². The normalized spacial score (nSPS) is 11.6. The molecule has 0 aliphatic heterocycles. The second kappa shape index (κ2) is 27.5. The number of aromatic nitrogens is 9. The van der Waals surface area contributed by atoms with Gasteiger partial charge in [-0.3, -0.25) is 19.1 Å². The van der Waals surface area contributed by atoms with Gasteiger partial charge in [-0.05, 0) is 220 Å². The highest BCUT2D eigenvalue weighted by Gasteiger charge is 2.23. The molecule has 9 heteroatoms. The number of pyridine rings is 5. The molecule has 9 heterocycles. The zero-order valence-corrected chi connectivity index (χ0v) is 60.7. The predicted molar refractivity (Wildman–Crippen MR) is 463 cm³/mol. The van der Waals surface area contributed by atoms with Crippen LogP contribution in [0.25, 0.3) is 200 Å². The molecule has 0 bridgehead atoms. The number of para-hydroxylation sites is 4. The molecule has 0 unspecified atom stereocenters. The summed E-state index contributed by atoms with van der Waals surface area (Å²) in [4.78, 5) is 24.4. The lowest BCUT2D eigenvalue weighted by Crippen LogP contribution is -1.96. The summed E-state index contributed by atoms with van der Waals surface area (Å²) in [6.45, 7) is 0. The minimum Gasteiger partial charge on any atom is -0.309 e. The summed E-state index contributed by atoms with van der Waals surface area (Å²) in [5.41, 5.74) is 30.6. The van der Waals surface area contributed by atoms with Gasteiger partial charge in [0.15, 0.2) is 0 Å². The molecule has 0 atom stereocenters. The summed E-state index contributed by atoms with van der Waals surface area (Å²) in [7, 11) is 0. The molecule has 0 amide bonds. The highest BCUT2D eigenvalue weighted by atomic mass is 15.1. The number of benzene rings is 13. The lowest BCUT2D eigenvalue weighted by Gasteiger charge is -2.12. The second-order valence-electron chi connectivity index (χ2n) is 28.3. The van der Waals surface area contributed by atoms with Crippen LogP contribution >= 0.6 is 0 Å². The molecule has 0 N–H and O–H groups in total. The van der Waals surface area contributed by atoms with E-state index in [2.05, 4.69) is 368 Å². The molecule has 112 heavy (non-hydrogen) atoms. The van der Waals surface area contributed by atoms with Crippen molar-refractivity contribution in [3.63, 3.8) is 0 Å². The summed E-state index contributed by atoms with van der Waals surface area (Å²) in [6, 6.07) is 136. The Morgan fingerprint density at radius 2 is 0.518 bits per heavy atom. The van der Waals surface area contributed by atoms with Gasteiger partial charge in [0.2, 0.25) is 0 Å². The fourth-order valence-corrected chi connectivity index (χ4v) is 16.8. The van der Waals surface area contributed by atoms with Crippen molar-refractivity contribution < 1.29 is 0 Å². The maximum absolute atomic E-state index is 5.17. The molecular formula is C103H67N9. The van der Waals surface area contributed by atoms with Gasteiger partial charge in [0.1, 0.15) is 11.3 Å². The molecule has 0 radical (unpaired) electrons. The summed E-state index contributed by atoms with van der Waals surface area (Å²) in [6.07, 6.45) is 7.44. The molecule has 0 aliphatic carbocycles. The van der Waals surface area contributed by atoms with E-state index in [1.54, 1.807) is 0 Å². The third-order valence-corrected chi connectivity index (χ3v) is 21.8. The van der Waals surface area contributed by atoms with E-state index >= 15 is 0 Å². The zero-order valence-electron chi connectivity index (χ0n) is 60.7. The summed E-state index contributed by atoms with van der Waals surface area (Å²) < 4.78 is 9.31. The van der Waals surface area contributed by atoms with Crippen LogP contribution in [0.4, 0.5) is 0 Å². The van der Waals surface area contributed by atoms with E-state index in [9.17, 15) is 0 Å². The Balaban J connectivity index is 0.000000141. The lowest BCUT2D eigenvalue weighted by atomic mass is 9.96. The molecule has 22 rings (SSSR count). The molecule has 13 aromatic carbocycles. The minimum atomic E-state index is 0.928. The Kier molecular flexibility index (Phi) is 16.0. The summed E-state index contributed by atoms with van der Waals surface area (Å²) in [5, 5.41) is 9.57. The van der Waals surface area contributed by atoms with Crippen molar-refractivity contribution in [2.45, 2.75) is 0 Å². The number of nitrogens with zero attached hydrogens (tertiary/aromatic N) is 9. The largest absolute Gasteiger partial charge is 0.309 e. The number of hydrogen-bond donors (Lipinski definition) is 0. The van der Waals surface area contributed by atoms with E-state index in [1.807, 2.05) is 67.3 Å². The molecule has 0 saturated heterocycles. The van der Waals surface area contributed by atoms with Crippen LogP contribution in [0.1, 0.15) is 0 Å². The fraction of sp³-hybridized carbons (Fsp3) is 0. The molecule has 9 aromatic heterocycles. The van der Waals surface area contributed by atoms with E-state index in [0.29, 0.717) is 0 Å². The van der Waals surface area contributed by atoms with Crippen molar-refractivity contribution in [1.82, 2.24) is 43.2 Å². The molecule has 0 fully saturated rings. The molecule has 0 aliphatic rings. The van der Waals surface area contributed by atoms with Gasteiger partial charge >= 0.3 is 0 Å². The van der Waals surface area contributed by atoms with Crippen LogP contribution in [-0.4, -0.2) is 43.2 Å². The van der Waals surface area contributed by atoms with E-state index < -0.39 is 0 Å². The van der Waals surface area contributed by atoms with Gasteiger partial charge in [0.25, 0.3) is 0 Å². The molecule has 9 nitrogen and oxygen atoms in total. The molecule has 524 valence electrons. The van der Waals surface area contributed by atoms with Gasteiger partial charge < -0.3 is 9.13 Å². The van der Waals surface area contributed by atoms with Crippen molar-refractivity contribution >= 4 is 87.5 Å². The van der Waals surface area contributed by atoms with Crippen LogP contribution in [0.2, 0.25) is 0 Å². The van der Waals surface area contributed by atoms with Gasteiger partial charge in [-0.25, -0.2) is 15.0 Å². The molecule has 22 aromatic rings. The Morgan fingerprint density at radius 3 is 0.991 bits per heavy atom. The summed E-state index contributed by atoms with van der Waals surface area (Å²) >= 11 is 0. The van der Waals surface area contributed by atoms with Crippen LogP contribution in [0.15, 0.2) is 407 Å². The Morgan fingerprint density at radius 1 is 0.170 bits per heavy atom. The highest BCUT2D eigenvalue weighted by molar-refractivity contribution is 6.19. The smallest absolute Gasteiger partial charge is 0.145 e. The first kappa shape index (κ1) is 65.1. The number of rotatable bonds is 12. The van der Waals surface area contributed by atoms with Crippen LogP contribution < -0.4 is 0 Å². The third kappa shape index (κ3) is 11.4. The maximum atomic E-state index is 5.17. The van der Waals surface area contributed by atoms with Crippen molar-refractivity contribution in [2.24, 2.45) is 0 Å². The number of fused-ring (bicyclic) bond motifs is 12. The first-order valence-corrected chi connectivity index (χ1v) is 37.8. The maximum Gasteiger partial charge on any atom is 0.145 e. The van der Waals surface area contributed by atoms with Gasteiger partial charge in [-0.1, -0.05) is 206 Å². The molecular weight excluding hydrogens is 1360 g/mol. The van der Waals surface area contributed by atoms with E-state index in [-0.39, 0.29) is 0 Å². The van der Waals surface area contributed by atoms with Crippen molar-refractivity contribution in [3.8, 4) is 112 Å². The Labute approximate surface area is 645 Å². The molecule has 0 saturated carbocycles. The number of hydrogen-bond acceptors (Lipinski definition) is 5. The standard InChI is InChI=1S/C52H34N4.C51H33N5/c1-4-14-35(15-5-1)39-33-46(36-16-6-2-7-17-36)54-47(34-39)37-25-28-41(29-26-37)56-49-30-27-38(32-45(49)43-22-13-31-53-52(43)56)42-21-12-24-50-51(42)44-20-10-11-23-48(44)55(50)40-18-8-3-9-19-40;1-2-12-39(13-3-1)55-47-19-5-4-14-43(47)50-41(15-10-20-49(50)55)35-23-26-48-44(33-35)42-16-11-29-54-51(42)56(48)40-24-21-34(22-25-40)36-30-37(45-17-6-8-27-52-45)32-38(31-36)46-18-7-9-28-53-46/h1-34H;1-33H. The average molecular weight is 1430 g/mol. The average Bonchev–Trinajstić information content (AvgIpc) is 1.58. The van der Waals surface area contributed by atoms with Gasteiger partial charge in [0, 0.05) is 113 Å². The van der Waals surface area contributed by atoms with E-state index in [1.165, 1.54) is 82.2 Å². The summed E-state index contributed by atoms with van der Waals surface area (Å²) in [5.74, 6) is 0. The first-order chi connectivity index (χ1) is 55.6. The topological polar surface area (TPSA) is 84.2 Å². The van der Waals surface area contributed by atoms with Crippen LogP contribution in [-0.2, 0) is 0 Å². The zero-order chi connectivity index (χ0) is 74.0. The van der Waals surface area contributed by atoms with Crippen LogP contribution in [0.5, 0.6) is 0 Å². The second-order valence-corrected chi connectivity index (χ2v) is 28.3. The van der Waals surface area contributed by atoms with Crippen molar-refractivity contribution in [2.75, 3.05) is 0 Å². The Bertz CT molecular complexity index is 6760. The first-order valence-electron chi connectivity index (χ1n) is 37.8. The lowest BCUT2D eigenvalue weighted by molar-refractivity contribution is 1.14.